The van der Waals surface area contributed by atoms with Crippen molar-refractivity contribution in [1.82, 2.24) is 0 Å². The van der Waals surface area contributed by atoms with Crippen molar-refractivity contribution < 1.29 is 80.2 Å². The molecule has 564 valence electrons. The van der Waals surface area contributed by atoms with E-state index in [0.29, 0.717) is 31.6 Å². The maximum atomic E-state index is 13.1. The van der Waals surface area contributed by atoms with Crippen molar-refractivity contribution >= 4 is 39.5 Å². The molecule has 3 N–H and O–H groups in total. The maximum Gasteiger partial charge on any atom is 0.472 e. The number of hydrogen-bond acceptors (Lipinski definition) is 15. The summed E-state index contributed by atoms with van der Waals surface area (Å²) in [5.74, 6) is 0.889. The van der Waals surface area contributed by atoms with Crippen molar-refractivity contribution in [3.8, 4) is 0 Å². The Balaban J connectivity index is 5.19. The van der Waals surface area contributed by atoms with Crippen LogP contribution in [0.25, 0.3) is 0 Å². The highest BCUT2D eigenvalue weighted by Crippen LogP contribution is 2.45. The molecule has 0 aromatic carbocycles. The zero-order valence-corrected chi connectivity index (χ0v) is 64.1. The molecule has 95 heavy (non-hydrogen) atoms. The Kier molecular flexibility index (Phi) is 64.0. The van der Waals surface area contributed by atoms with Crippen LogP contribution in [0.15, 0.2) is 0 Å². The minimum Gasteiger partial charge on any atom is -0.462 e. The standard InChI is InChI=1S/C76H148O17P2/c1-66(2)52-44-36-28-21-17-13-11-9-10-12-14-19-23-32-40-48-56-73(78)86-62-71(93-76(81)59-51-43-34-26-25-30-38-46-54-68(5)6)64-90-94(82,83)88-60-70(77)61-89-95(84,85)91-65-72(63-87-74(79)57-49-41-35-27-31-39-47-55-69(7)8)92-75(80)58-50-42-33-24-20-16-15-18-22-29-37-45-53-67(3)4/h66-72,77H,9-65H2,1-8H3,(H,82,83)(H,84,85)/t70?,71-,72-/m1/s1. The van der Waals surface area contributed by atoms with Gasteiger partial charge in [-0.25, -0.2) is 9.13 Å². The molecule has 0 radical (unpaired) electrons. The molecule has 19 heteroatoms. The fourth-order valence-electron chi connectivity index (χ4n) is 11.6. The van der Waals surface area contributed by atoms with Gasteiger partial charge in [-0.3, -0.25) is 37.3 Å². The van der Waals surface area contributed by atoms with Gasteiger partial charge in [0.2, 0.25) is 0 Å². The highest BCUT2D eigenvalue weighted by atomic mass is 31.2. The number of aliphatic hydroxyl groups excluding tert-OH is 1. The molecule has 0 saturated carbocycles. The van der Waals surface area contributed by atoms with Crippen LogP contribution in [0, 0.1) is 23.7 Å². The lowest BCUT2D eigenvalue weighted by molar-refractivity contribution is -0.161. The largest absolute Gasteiger partial charge is 0.472 e. The van der Waals surface area contributed by atoms with Crippen LogP contribution in [-0.2, 0) is 65.4 Å². The second-order valence-electron chi connectivity index (χ2n) is 29.3. The van der Waals surface area contributed by atoms with Crippen LogP contribution in [0.2, 0.25) is 0 Å². The molecule has 17 nitrogen and oxygen atoms in total. The van der Waals surface area contributed by atoms with E-state index in [1.165, 1.54) is 180 Å². The molecule has 0 aromatic rings. The van der Waals surface area contributed by atoms with Crippen molar-refractivity contribution in [3.05, 3.63) is 0 Å². The zero-order chi connectivity index (χ0) is 70.3. The molecule has 0 spiro atoms. The molecule has 3 unspecified atom stereocenters. The van der Waals surface area contributed by atoms with E-state index >= 15 is 0 Å². The lowest BCUT2D eigenvalue weighted by atomic mass is 10.0. The van der Waals surface area contributed by atoms with Crippen molar-refractivity contribution in [2.45, 2.75) is 401 Å². The van der Waals surface area contributed by atoms with E-state index in [1.54, 1.807) is 0 Å². The average Bonchev–Trinajstić information content (AvgIpc) is 1.30. The summed E-state index contributed by atoms with van der Waals surface area (Å²) in [6, 6.07) is 0. The van der Waals surface area contributed by atoms with Gasteiger partial charge in [0.25, 0.3) is 0 Å². The van der Waals surface area contributed by atoms with E-state index in [1.807, 2.05) is 0 Å². The number of phosphoric acid groups is 2. The van der Waals surface area contributed by atoms with E-state index in [9.17, 15) is 43.2 Å². The number of carbonyl (C=O) groups is 4. The Morgan fingerprint density at radius 3 is 0.653 bits per heavy atom. The van der Waals surface area contributed by atoms with Crippen LogP contribution in [0.3, 0.4) is 0 Å². The monoisotopic (exact) mass is 1400 g/mol. The second kappa shape index (κ2) is 65.4. The Labute approximate surface area is 581 Å². The summed E-state index contributed by atoms with van der Waals surface area (Å²) in [4.78, 5) is 72.8. The summed E-state index contributed by atoms with van der Waals surface area (Å²) in [7, 11) is -9.91. The first-order chi connectivity index (χ1) is 45.6. The number of rotatable bonds is 73. The highest BCUT2D eigenvalue weighted by Gasteiger charge is 2.30. The average molecular weight is 1400 g/mol. The second-order valence-corrected chi connectivity index (χ2v) is 32.2. The summed E-state index contributed by atoms with van der Waals surface area (Å²) in [5.41, 5.74) is 0. The summed E-state index contributed by atoms with van der Waals surface area (Å²) in [6.45, 7) is 14.1. The molecule has 5 atom stereocenters. The molecule has 0 aromatic heterocycles. The van der Waals surface area contributed by atoms with Gasteiger partial charge in [0.05, 0.1) is 26.4 Å². The van der Waals surface area contributed by atoms with E-state index in [-0.39, 0.29) is 25.7 Å². The fraction of sp³-hybridized carbons (Fsp3) is 0.947. The van der Waals surface area contributed by atoms with Crippen LogP contribution in [0.5, 0.6) is 0 Å². The van der Waals surface area contributed by atoms with Crippen LogP contribution >= 0.6 is 15.6 Å². The topological polar surface area (TPSA) is 237 Å². The molecule has 0 rings (SSSR count). The molecule has 0 heterocycles. The van der Waals surface area contributed by atoms with E-state index in [2.05, 4.69) is 55.4 Å². The lowest BCUT2D eigenvalue weighted by Gasteiger charge is -2.21. The highest BCUT2D eigenvalue weighted by molar-refractivity contribution is 7.47. The molecular formula is C76H148O17P2. The number of unbranched alkanes of at least 4 members (excludes halogenated alkanes) is 39. The Morgan fingerprint density at radius 1 is 0.263 bits per heavy atom. The minimum atomic E-state index is -4.96. The summed E-state index contributed by atoms with van der Waals surface area (Å²) < 4.78 is 68.5. The Hall–Kier alpha value is -1.94. The number of hydrogen-bond donors (Lipinski definition) is 3. The predicted molar refractivity (Wildman–Crippen MR) is 386 cm³/mol. The molecular weight excluding hydrogens is 1250 g/mol. The first-order valence-corrected chi connectivity index (χ1v) is 42.2. The Morgan fingerprint density at radius 2 is 0.442 bits per heavy atom. The fourth-order valence-corrected chi connectivity index (χ4v) is 13.1. The SMILES string of the molecule is CC(C)CCCCCCCCCCCCCCCCCCC(=O)OC[C@H](COP(=O)(O)OCC(O)COP(=O)(O)OC[C@@H](COC(=O)CCCCCCCCCC(C)C)OC(=O)CCCCCCCCCCCCCCC(C)C)OC(=O)CCCCCCCCCCC(C)C. The van der Waals surface area contributed by atoms with Crippen molar-refractivity contribution in [3.63, 3.8) is 0 Å². The molecule has 0 fully saturated rings. The van der Waals surface area contributed by atoms with Crippen LogP contribution in [0.4, 0.5) is 0 Å². The zero-order valence-electron chi connectivity index (χ0n) is 62.3. The number of esters is 4. The van der Waals surface area contributed by atoms with Crippen LogP contribution in [0.1, 0.15) is 383 Å². The molecule has 0 bridgehead atoms. The van der Waals surface area contributed by atoms with Gasteiger partial charge in [0.1, 0.15) is 19.3 Å². The van der Waals surface area contributed by atoms with Gasteiger partial charge >= 0.3 is 39.5 Å². The van der Waals surface area contributed by atoms with Gasteiger partial charge in [0.15, 0.2) is 12.2 Å². The molecule has 0 amide bonds. The third-order valence-electron chi connectivity index (χ3n) is 17.6. The van der Waals surface area contributed by atoms with Crippen LogP contribution < -0.4 is 0 Å². The smallest absolute Gasteiger partial charge is 0.462 e. The summed E-state index contributed by atoms with van der Waals surface area (Å²) in [6.07, 6.45) is 50.1. The van der Waals surface area contributed by atoms with Gasteiger partial charge in [-0.05, 0) is 49.4 Å². The first-order valence-electron chi connectivity index (χ1n) is 39.2. The maximum absolute atomic E-state index is 13.1. The van der Waals surface area contributed by atoms with E-state index in [0.717, 1.165) is 114 Å². The van der Waals surface area contributed by atoms with Crippen molar-refractivity contribution in [2.24, 2.45) is 23.7 Å². The van der Waals surface area contributed by atoms with Crippen molar-refractivity contribution in [1.29, 1.82) is 0 Å². The quantitative estimate of drug-likeness (QED) is 0.0222. The molecule has 0 aliphatic carbocycles. The molecule has 0 saturated heterocycles. The molecule has 0 aliphatic heterocycles. The van der Waals surface area contributed by atoms with E-state index in [4.69, 9.17) is 37.0 Å². The first kappa shape index (κ1) is 93.1. The predicted octanol–water partition coefficient (Wildman–Crippen LogP) is 22.0. The normalized spacial score (nSPS) is 14.1. The number of ether oxygens (including phenoxy) is 4. The third kappa shape index (κ3) is 70.3. The number of phosphoric ester groups is 2. The van der Waals surface area contributed by atoms with Gasteiger partial charge in [-0.2, -0.15) is 0 Å². The van der Waals surface area contributed by atoms with Gasteiger partial charge in [0, 0.05) is 25.7 Å². The number of aliphatic hydroxyl groups is 1. The van der Waals surface area contributed by atoms with E-state index < -0.39 is 97.5 Å². The molecule has 0 aliphatic rings. The summed E-state index contributed by atoms with van der Waals surface area (Å²) >= 11 is 0. The van der Waals surface area contributed by atoms with Gasteiger partial charge in [-0.15, -0.1) is 0 Å². The Bertz CT molecular complexity index is 1870. The number of carbonyl (C=O) groups excluding carboxylic acids is 4. The van der Waals surface area contributed by atoms with Gasteiger partial charge in [-0.1, -0.05) is 331 Å². The minimum absolute atomic E-state index is 0.104. The lowest BCUT2D eigenvalue weighted by Crippen LogP contribution is -2.30. The van der Waals surface area contributed by atoms with Crippen molar-refractivity contribution in [2.75, 3.05) is 39.6 Å². The third-order valence-corrected chi connectivity index (χ3v) is 19.5. The van der Waals surface area contributed by atoms with Gasteiger partial charge < -0.3 is 33.8 Å². The summed E-state index contributed by atoms with van der Waals surface area (Å²) in [5, 5.41) is 10.6. The van der Waals surface area contributed by atoms with Crippen LogP contribution in [-0.4, -0.2) is 96.7 Å².